The predicted octanol–water partition coefficient (Wildman–Crippen LogP) is 6.54. The van der Waals surface area contributed by atoms with Crippen molar-refractivity contribution in [2.75, 3.05) is 5.32 Å². The van der Waals surface area contributed by atoms with Crippen LogP contribution in [0.15, 0.2) is 77.7 Å². The summed E-state index contributed by atoms with van der Waals surface area (Å²) >= 11 is 13.9. The van der Waals surface area contributed by atoms with Crippen molar-refractivity contribution in [2.45, 2.75) is 10.6 Å². The van der Waals surface area contributed by atoms with E-state index < -0.39 is 0 Å². The normalized spacial score (nSPS) is 10.5. The van der Waals surface area contributed by atoms with Gasteiger partial charge < -0.3 is 5.32 Å². The van der Waals surface area contributed by atoms with Crippen molar-refractivity contribution in [1.82, 2.24) is 0 Å². The van der Waals surface area contributed by atoms with Gasteiger partial charge in [0.15, 0.2) is 0 Å². The van der Waals surface area contributed by atoms with Gasteiger partial charge in [-0.05, 0) is 42.0 Å². The Balaban J connectivity index is 1.64. The Morgan fingerprint density at radius 3 is 2.12 bits per heavy atom. The second kappa shape index (κ2) is 8.43. The highest BCUT2D eigenvalue weighted by Gasteiger charge is 2.11. The number of nitrogens with one attached hydrogen (secondary N) is 1. The molecular formula is C20H15Cl2NOS. The fourth-order valence-corrected chi connectivity index (χ4v) is 3.61. The van der Waals surface area contributed by atoms with E-state index in [9.17, 15) is 4.79 Å². The molecule has 0 fully saturated rings. The third-order valence-corrected chi connectivity index (χ3v) is 5.28. The molecule has 0 aromatic heterocycles. The van der Waals surface area contributed by atoms with E-state index in [4.69, 9.17) is 23.2 Å². The monoisotopic (exact) mass is 387 g/mol. The molecule has 0 bridgehead atoms. The molecule has 0 saturated carbocycles. The number of hydrogen-bond acceptors (Lipinski definition) is 2. The molecule has 1 N–H and O–H groups in total. The van der Waals surface area contributed by atoms with Crippen LogP contribution < -0.4 is 5.32 Å². The molecule has 3 rings (SSSR count). The van der Waals surface area contributed by atoms with Crippen LogP contribution in [-0.4, -0.2) is 5.91 Å². The number of amides is 1. The SMILES string of the molecule is O=C(Nc1c(Cl)cccc1Cl)c1ccc(CSc2ccccc2)cc1. The van der Waals surface area contributed by atoms with Crippen LogP contribution >= 0.6 is 35.0 Å². The van der Waals surface area contributed by atoms with Crippen molar-refractivity contribution in [2.24, 2.45) is 0 Å². The van der Waals surface area contributed by atoms with Crippen molar-refractivity contribution in [3.63, 3.8) is 0 Å². The van der Waals surface area contributed by atoms with Crippen LogP contribution in [0.1, 0.15) is 15.9 Å². The van der Waals surface area contributed by atoms with Crippen LogP contribution in [0.25, 0.3) is 0 Å². The second-order valence-electron chi connectivity index (χ2n) is 5.35. The van der Waals surface area contributed by atoms with E-state index in [2.05, 4.69) is 17.4 Å². The molecule has 0 unspecified atom stereocenters. The Kier molecular flexibility index (Phi) is 6.03. The zero-order valence-electron chi connectivity index (χ0n) is 13.2. The smallest absolute Gasteiger partial charge is 0.255 e. The number of thioether (sulfide) groups is 1. The van der Waals surface area contributed by atoms with Crippen molar-refractivity contribution in [3.8, 4) is 0 Å². The number of carbonyl (C=O) groups is 1. The fourth-order valence-electron chi connectivity index (χ4n) is 2.24. The summed E-state index contributed by atoms with van der Waals surface area (Å²) in [5.74, 6) is 0.611. The minimum atomic E-state index is -0.239. The Hall–Kier alpha value is -1.94. The lowest BCUT2D eigenvalue weighted by molar-refractivity contribution is 0.102. The Labute approximate surface area is 161 Å². The Morgan fingerprint density at radius 2 is 1.48 bits per heavy atom. The summed E-state index contributed by atoms with van der Waals surface area (Å²) in [6.45, 7) is 0. The third kappa shape index (κ3) is 4.79. The predicted molar refractivity (Wildman–Crippen MR) is 107 cm³/mol. The molecule has 126 valence electrons. The number of para-hydroxylation sites is 1. The van der Waals surface area contributed by atoms with Crippen LogP contribution in [0.5, 0.6) is 0 Å². The molecule has 0 radical (unpaired) electrons. The fraction of sp³-hybridized carbons (Fsp3) is 0.0500. The summed E-state index contributed by atoms with van der Waals surface area (Å²) in [6.07, 6.45) is 0. The summed E-state index contributed by atoms with van der Waals surface area (Å²) < 4.78 is 0. The van der Waals surface area contributed by atoms with E-state index in [0.717, 1.165) is 11.3 Å². The zero-order valence-corrected chi connectivity index (χ0v) is 15.5. The molecule has 0 heterocycles. The standard InChI is InChI=1S/C20H15Cl2NOS/c21-17-7-4-8-18(22)19(17)23-20(24)15-11-9-14(10-12-15)13-25-16-5-2-1-3-6-16/h1-12H,13H2,(H,23,24). The minimum Gasteiger partial charge on any atom is -0.319 e. The van der Waals surface area contributed by atoms with E-state index in [-0.39, 0.29) is 5.91 Å². The summed E-state index contributed by atoms with van der Waals surface area (Å²) in [7, 11) is 0. The van der Waals surface area contributed by atoms with Gasteiger partial charge in [0.2, 0.25) is 0 Å². The van der Waals surface area contributed by atoms with Crippen molar-refractivity contribution >= 4 is 46.6 Å². The second-order valence-corrected chi connectivity index (χ2v) is 7.21. The van der Waals surface area contributed by atoms with Gasteiger partial charge in [-0.25, -0.2) is 0 Å². The third-order valence-electron chi connectivity index (χ3n) is 3.57. The summed E-state index contributed by atoms with van der Waals surface area (Å²) in [5, 5.41) is 3.59. The van der Waals surface area contributed by atoms with Crippen LogP contribution in [0.4, 0.5) is 5.69 Å². The molecule has 2 nitrogen and oxygen atoms in total. The van der Waals surface area contributed by atoms with Gasteiger partial charge in [-0.3, -0.25) is 4.79 Å². The van der Waals surface area contributed by atoms with Gasteiger partial charge in [-0.2, -0.15) is 0 Å². The molecule has 5 heteroatoms. The summed E-state index contributed by atoms with van der Waals surface area (Å²) in [6, 6.07) is 22.9. The molecule has 0 spiro atoms. The largest absolute Gasteiger partial charge is 0.319 e. The van der Waals surface area contributed by atoms with Crippen LogP contribution in [0.3, 0.4) is 0 Å². The molecule has 3 aromatic rings. The number of anilines is 1. The van der Waals surface area contributed by atoms with Gasteiger partial charge in [0.25, 0.3) is 5.91 Å². The highest BCUT2D eigenvalue weighted by Crippen LogP contribution is 2.30. The zero-order chi connectivity index (χ0) is 17.6. The number of hydrogen-bond donors (Lipinski definition) is 1. The Morgan fingerprint density at radius 1 is 0.840 bits per heavy atom. The molecule has 0 aliphatic carbocycles. The Bertz CT molecular complexity index is 846. The van der Waals surface area contributed by atoms with Gasteiger partial charge >= 0.3 is 0 Å². The minimum absolute atomic E-state index is 0.239. The first-order valence-electron chi connectivity index (χ1n) is 7.65. The number of benzene rings is 3. The maximum absolute atomic E-state index is 12.4. The van der Waals surface area contributed by atoms with Crippen LogP contribution in [0, 0.1) is 0 Å². The van der Waals surface area contributed by atoms with Crippen molar-refractivity contribution in [3.05, 3.63) is 94.0 Å². The van der Waals surface area contributed by atoms with Gasteiger partial charge in [0.1, 0.15) is 0 Å². The van der Waals surface area contributed by atoms with Crippen LogP contribution in [-0.2, 0) is 5.75 Å². The highest BCUT2D eigenvalue weighted by molar-refractivity contribution is 7.98. The molecule has 0 saturated heterocycles. The first kappa shape index (κ1) is 17.9. The lowest BCUT2D eigenvalue weighted by Crippen LogP contribution is -2.12. The molecular weight excluding hydrogens is 373 g/mol. The molecule has 1 amide bonds. The topological polar surface area (TPSA) is 29.1 Å². The maximum Gasteiger partial charge on any atom is 0.255 e. The molecule has 25 heavy (non-hydrogen) atoms. The van der Waals surface area contributed by atoms with E-state index in [0.29, 0.717) is 21.3 Å². The molecule has 0 aliphatic rings. The van der Waals surface area contributed by atoms with E-state index in [1.165, 1.54) is 4.90 Å². The lowest BCUT2D eigenvalue weighted by atomic mass is 10.1. The van der Waals surface area contributed by atoms with Crippen molar-refractivity contribution < 1.29 is 4.79 Å². The van der Waals surface area contributed by atoms with E-state index in [1.807, 2.05) is 30.3 Å². The lowest BCUT2D eigenvalue weighted by Gasteiger charge is -2.09. The number of carbonyl (C=O) groups excluding carboxylic acids is 1. The number of halogens is 2. The van der Waals surface area contributed by atoms with Gasteiger partial charge in [0.05, 0.1) is 15.7 Å². The van der Waals surface area contributed by atoms with Gasteiger partial charge in [-0.15, -0.1) is 11.8 Å². The van der Waals surface area contributed by atoms with E-state index in [1.54, 1.807) is 42.1 Å². The van der Waals surface area contributed by atoms with Gasteiger partial charge in [0, 0.05) is 16.2 Å². The highest BCUT2D eigenvalue weighted by atomic mass is 35.5. The first-order valence-corrected chi connectivity index (χ1v) is 9.40. The quantitative estimate of drug-likeness (QED) is 0.503. The molecule has 0 aliphatic heterocycles. The number of rotatable bonds is 5. The van der Waals surface area contributed by atoms with Crippen LogP contribution in [0.2, 0.25) is 10.0 Å². The molecule has 3 aromatic carbocycles. The first-order chi connectivity index (χ1) is 12.1. The van der Waals surface area contributed by atoms with Gasteiger partial charge in [-0.1, -0.05) is 59.6 Å². The average Bonchev–Trinajstić information content (AvgIpc) is 2.64. The summed E-state index contributed by atoms with van der Waals surface area (Å²) in [4.78, 5) is 13.6. The summed E-state index contributed by atoms with van der Waals surface area (Å²) in [5.41, 5.74) is 2.14. The molecule has 0 atom stereocenters. The maximum atomic E-state index is 12.4. The average molecular weight is 388 g/mol. The van der Waals surface area contributed by atoms with E-state index >= 15 is 0 Å². The van der Waals surface area contributed by atoms with Crippen molar-refractivity contribution in [1.29, 1.82) is 0 Å².